The monoisotopic (exact) mass is 323 g/mol. The Bertz CT molecular complexity index is 669. The fraction of sp³-hybridized carbons (Fsp3) is 0.214. The molecule has 0 unspecified atom stereocenters. The van der Waals surface area contributed by atoms with Gasteiger partial charge in [-0.25, -0.2) is 9.97 Å². The van der Waals surface area contributed by atoms with Crippen LogP contribution in [0.3, 0.4) is 0 Å². The topological polar surface area (TPSA) is 55.3 Å². The molecule has 0 radical (unpaired) electrons. The third-order valence-corrected chi connectivity index (χ3v) is 3.71. The van der Waals surface area contributed by atoms with Crippen LogP contribution >= 0.6 is 23.2 Å². The third kappa shape index (κ3) is 3.09. The summed E-state index contributed by atoms with van der Waals surface area (Å²) in [5, 5.41) is 0.901. The van der Waals surface area contributed by atoms with Gasteiger partial charge in [-0.3, -0.25) is 4.79 Å². The van der Waals surface area contributed by atoms with Gasteiger partial charge in [0.2, 0.25) is 0 Å². The number of nitrogens with zero attached hydrogens (tertiary/aromatic N) is 3. The highest BCUT2D eigenvalue weighted by Crippen LogP contribution is 2.27. The molecule has 0 fully saturated rings. The number of fused-ring (bicyclic) bond motifs is 1. The van der Waals surface area contributed by atoms with E-state index in [0.717, 1.165) is 11.3 Å². The van der Waals surface area contributed by atoms with E-state index in [1.807, 2.05) is 0 Å². The second-order valence-electron chi connectivity index (χ2n) is 4.61. The lowest BCUT2D eigenvalue weighted by atomic mass is 10.3. The zero-order valence-electron chi connectivity index (χ0n) is 10.9. The minimum Gasteiger partial charge on any atom is -0.482 e. The van der Waals surface area contributed by atoms with Crippen molar-refractivity contribution in [3.8, 4) is 5.75 Å². The molecule has 0 bridgehead atoms. The van der Waals surface area contributed by atoms with Crippen molar-refractivity contribution in [2.75, 3.05) is 6.61 Å². The van der Waals surface area contributed by atoms with Crippen LogP contribution in [0.2, 0.25) is 10.0 Å². The molecule has 0 spiro atoms. The van der Waals surface area contributed by atoms with Crippen molar-refractivity contribution in [2.24, 2.45) is 0 Å². The van der Waals surface area contributed by atoms with Crippen LogP contribution in [-0.4, -0.2) is 27.4 Å². The first kappa shape index (κ1) is 14.1. The molecule has 5 nitrogen and oxygen atoms in total. The molecule has 1 amide bonds. The van der Waals surface area contributed by atoms with Gasteiger partial charge in [-0.05, 0) is 18.2 Å². The van der Waals surface area contributed by atoms with E-state index < -0.39 is 0 Å². The van der Waals surface area contributed by atoms with E-state index in [9.17, 15) is 4.79 Å². The van der Waals surface area contributed by atoms with Crippen LogP contribution in [0.5, 0.6) is 5.75 Å². The van der Waals surface area contributed by atoms with Gasteiger partial charge in [0.05, 0.1) is 17.3 Å². The highest BCUT2D eigenvalue weighted by Gasteiger charge is 2.24. The second kappa shape index (κ2) is 5.87. The number of aromatic nitrogens is 2. The fourth-order valence-electron chi connectivity index (χ4n) is 2.10. The molecule has 0 atom stereocenters. The van der Waals surface area contributed by atoms with Gasteiger partial charge in [-0.2, -0.15) is 0 Å². The Labute approximate surface area is 131 Å². The van der Waals surface area contributed by atoms with Crippen molar-refractivity contribution < 1.29 is 9.53 Å². The molecule has 1 aromatic heterocycles. The molecule has 3 rings (SSSR count). The average molecular weight is 324 g/mol. The summed E-state index contributed by atoms with van der Waals surface area (Å²) in [4.78, 5) is 21.9. The summed E-state index contributed by atoms with van der Waals surface area (Å²) in [7, 11) is 0. The Morgan fingerprint density at radius 1 is 1.33 bits per heavy atom. The van der Waals surface area contributed by atoms with Gasteiger partial charge in [-0.1, -0.05) is 23.2 Å². The standard InChI is InChI=1S/C14H11Cl2N3O2/c15-10-1-2-13(11(16)3-10)21-7-14(20)19-5-9-4-17-8-18-12(9)6-19/h1-4,8H,5-7H2. The molecule has 1 aromatic carbocycles. The quantitative estimate of drug-likeness (QED) is 0.871. The van der Waals surface area contributed by atoms with Crippen LogP contribution < -0.4 is 4.74 Å². The third-order valence-electron chi connectivity index (χ3n) is 3.18. The Balaban J connectivity index is 1.61. The minimum atomic E-state index is -0.126. The van der Waals surface area contributed by atoms with Crippen molar-refractivity contribution in [1.29, 1.82) is 0 Å². The number of amides is 1. The normalized spacial score (nSPS) is 13.1. The number of hydrogen-bond acceptors (Lipinski definition) is 4. The lowest BCUT2D eigenvalue weighted by molar-refractivity contribution is -0.134. The molecule has 0 saturated carbocycles. The van der Waals surface area contributed by atoms with Crippen LogP contribution in [0.4, 0.5) is 0 Å². The maximum atomic E-state index is 12.1. The largest absolute Gasteiger partial charge is 0.482 e. The summed E-state index contributed by atoms with van der Waals surface area (Å²) in [6.07, 6.45) is 3.21. The minimum absolute atomic E-state index is 0.0806. The van der Waals surface area contributed by atoms with Gasteiger partial charge in [-0.15, -0.1) is 0 Å². The molecule has 0 N–H and O–H groups in total. The highest BCUT2D eigenvalue weighted by molar-refractivity contribution is 6.35. The Morgan fingerprint density at radius 3 is 2.95 bits per heavy atom. The zero-order valence-corrected chi connectivity index (χ0v) is 12.4. The summed E-state index contributed by atoms with van der Waals surface area (Å²) < 4.78 is 5.45. The Hall–Kier alpha value is -1.85. The number of ether oxygens (including phenoxy) is 1. The first-order valence-corrected chi connectivity index (χ1v) is 7.02. The zero-order chi connectivity index (χ0) is 14.8. The lowest BCUT2D eigenvalue weighted by Gasteiger charge is -2.15. The Kier molecular flexibility index (Phi) is 3.94. The number of hydrogen-bond donors (Lipinski definition) is 0. The van der Waals surface area contributed by atoms with Gasteiger partial charge in [0, 0.05) is 23.3 Å². The molecule has 1 aliphatic heterocycles. The first-order chi connectivity index (χ1) is 10.1. The van der Waals surface area contributed by atoms with Crippen LogP contribution in [0.1, 0.15) is 11.3 Å². The molecule has 2 heterocycles. The van der Waals surface area contributed by atoms with Gasteiger partial charge in [0.15, 0.2) is 6.61 Å². The van der Waals surface area contributed by atoms with E-state index in [-0.39, 0.29) is 12.5 Å². The molecule has 108 valence electrons. The van der Waals surface area contributed by atoms with Gasteiger partial charge < -0.3 is 9.64 Å². The van der Waals surface area contributed by atoms with E-state index in [2.05, 4.69) is 9.97 Å². The van der Waals surface area contributed by atoms with E-state index in [1.165, 1.54) is 6.33 Å². The lowest BCUT2D eigenvalue weighted by Crippen LogP contribution is -2.30. The van der Waals surface area contributed by atoms with E-state index in [0.29, 0.717) is 28.9 Å². The average Bonchev–Trinajstić information content (AvgIpc) is 2.90. The summed E-state index contributed by atoms with van der Waals surface area (Å²) in [6, 6.07) is 4.88. The molecule has 7 heteroatoms. The summed E-state index contributed by atoms with van der Waals surface area (Å²) in [5.74, 6) is 0.310. The fourth-order valence-corrected chi connectivity index (χ4v) is 2.56. The van der Waals surface area contributed by atoms with Crippen LogP contribution in [0, 0.1) is 0 Å². The van der Waals surface area contributed by atoms with Crippen molar-refractivity contribution >= 4 is 29.1 Å². The smallest absolute Gasteiger partial charge is 0.261 e. The molecular formula is C14H11Cl2N3O2. The number of carbonyl (C=O) groups excluding carboxylic acids is 1. The van der Waals surface area contributed by atoms with Crippen LogP contribution in [0.15, 0.2) is 30.7 Å². The maximum Gasteiger partial charge on any atom is 0.261 e. The highest BCUT2D eigenvalue weighted by atomic mass is 35.5. The van der Waals surface area contributed by atoms with Gasteiger partial charge in [0.1, 0.15) is 12.1 Å². The van der Waals surface area contributed by atoms with Gasteiger partial charge >= 0.3 is 0 Å². The van der Waals surface area contributed by atoms with Crippen molar-refractivity contribution in [2.45, 2.75) is 13.1 Å². The molecule has 21 heavy (non-hydrogen) atoms. The number of rotatable bonds is 3. The summed E-state index contributed by atoms with van der Waals surface area (Å²) in [6.45, 7) is 0.907. The van der Waals surface area contributed by atoms with Crippen molar-refractivity contribution in [3.05, 3.63) is 52.0 Å². The molecule has 0 aliphatic carbocycles. The maximum absolute atomic E-state index is 12.1. The van der Waals surface area contributed by atoms with E-state index >= 15 is 0 Å². The van der Waals surface area contributed by atoms with Crippen molar-refractivity contribution in [3.63, 3.8) is 0 Å². The Morgan fingerprint density at radius 2 is 2.19 bits per heavy atom. The predicted molar refractivity (Wildman–Crippen MR) is 78.2 cm³/mol. The second-order valence-corrected chi connectivity index (χ2v) is 5.45. The number of carbonyl (C=O) groups is 1. The molecular weight excluding hydrogens is 313 g/mol. The SMILES string of the molecule is O=C(COc1ccc(Cl)cc1Cl)N1Cc2cncnc2C1. The first-order valence-electron chi connectivity index (χ1n) is 6.27. The van der Waals surface area contributed by atoms with Gasteiger partial charge in [0.25, 0.3) is 5.91 Å². The number of halogens is 2. The van der Waals surface area contributed by atoms with Crippen molar-refractivity contribution in [1.82, 2.24) is 14.9 Å². The summed E-state index contributed by atoms with van der Waals surface area (Å²) >= 11 is 11.8. The van der Waals surface area contributed by atoms with Crippen LogP contribution in [-0.2, 0) is 17.9 Å². The summed E-state index contributed by atoms with van der Waals surface area (Å²) in [5.41, 5.74) is 1.85. The molecule has 0 saturated heterocycles. The molecule has 1 aliphatic rings. The van der Waals surface area contributed by atoms with E-state index in [4.69, 9.17) is 27.9 Å². The predicted octanol–water partition coefficient (Wildman–Crippen LogP) is 2.70. The molecule has 2 aromatic rings. The van der Waals surface area contributed by atoms with E-state index in [1.54, 1.807) is 29.3 Å². The number of benzene rings is 1. The van der Waals surface area contributed by atoms with Crippen LogP contribution in [0.25, 0.3) is 0 Å².